The smallest absolute Gasteiger partial charge is 0.312 e. The van der Waals surface area contributed by atoms with E-state index >= 15 is 0 Å². The molecule has 1 atom stereocenters. The number of hydrogen-bond acceptors (Lipinski definition) is 4. The van der Waals surface area contributed by atoms with Crippen LogP contribution in [0.2, 0.25) is 0 Å². The van der Waals surface area contributed by atoms with Crippen LogP contribution in [0.15, 0.2) is 36.7 Å². The fraction of sp³-hybridized carbons (Fsp3) is 0.429. The molecule has 0 spiro atoms. The standard InChI is InChI=1S/C21H20F6N4O2/c1-12(2)17-11-30(15-5-6-18(29-9-15)21(25,26)27)19(33)31(17)10-16(32)7-14-4-3-13(8-28-14)20(22,23)24/h3-6,8-9,12,17H,7,10-11H2,1-2H3/t17-/m1/s1. The maximum absolute atomic E-state index is 13.0. The summed E-state index contributed by atoms with van der Waals surface area (Å²) in [5, 5.41) is 0. The molecule has 0 saturated carbocycles. The molecule has 3 rings (SSSR count). The van der Waals surface area contributed by atoms with Crippen molar-refractivity contribution in [1.82, 2.24) is 14.9 Å². The topological polar surface area (TPSA) is 66.4 Å². The summed E-state index contributed by atoms with van der Waals surface area (Å²) in [6.45, 7) is 3.51. The van der Waals surface area contributed by atoms with Gasteiger partial charge in [0.1, 0.15) is 5.69 Å². The number of pyridine rings is 2. The predicted octanol–water partition coefficient (Wildman–Crippen LogP) is 4.59. The van der Waals surface area contributed by atoms with Crippen LogP contribution in [0.3, 0.4) is 0 Å². The fourth-order valence-electron chi connectivity index (χ4n) is 3.49. The van der Waals surface area contributed by atoms with E-state index in [1.807, 2.05) is 13.8 Å². The summed E-state index contributed by atoms with van der Waals surface area (Å²) < 4.78 is 76.2. The molecule has 2 aromatic rings. The van der Waals surface area contributed by atoms with Gasteiger partial charge < -0.3 is 4.90 Å². The average molecular weight is 474 g/mol. The first-order valence-corrected chi connectivity index (χ1v) is 9.92. The monoisotopic (exact) mass is 474 g/mol. The minimum absolute atomic E-state index is 0.0710. The molecule has 0 unspecified atom stereocenters. The summed E-state index contributed by atoms with van der Waals surface area (Å²) in [6.07, 6.45) is -7.83. The van der Waals surface area contributed by atoms with E-state index in [-0.39, 0.29) is 36.8 Å². The molecule has 0 aliphatic carbocycles. The first-order chi connectivity index (χ1) is 15.3. The Morgan fingerprint density at radius 2 is 1.73 bits per heavy atom. The highest BCUT2D eigenvalue weighted by Crippen LogP contribution is 2.31. The molecule has 2 aromatic heterocycles. The van der Waals surface area contributed by atoms with E-state index < -0.39 is 41.5 Å². The van der Waals surface area contributed by atoms with Gasteiger partial charge in [-0.1, -0.05) is 13.8 Å². The molecular formula is C21H20F6N4O2. The third-order valence-electron chi connectivity index (χ3n) is 5.24. The van der Waals surface area contributed by atoms with Gasteiger partial charge in [-0.3, -0.25) is 14.7 Å². The Labute approximate surface area is 185 Å². The van der Waals surface area contributed by atoms with Crippen LogP contribution in [-0.4, -0.2) is 45.8 Å². The molecule has 178 valence electrons. The zero-order valence-corrected chi connectivity index (χ0v) is 17.6. The molecular weight excluding hydrogens is 454 g/mol. The zero-order chi connectivity index (χ0) is 24.6. The Balaban J connectivity index is 1.72. The highest BCUT2D eigenvalue weighted by Gasteiger charge is 2.41. The Hall–Kier alpha value is -3.18. The largest absolute Gasteiger partial charge is 0.433 e. The summed E-state index contributed by atoms with van der Waals surface area (Å²) in [7, 11) is 0. The first-order valence-electron chi connectivity index (χ1n) is 9.92. The van der Waals surface area contributed by atoms with E-state index in [2.05, 4.69) is 9.97 Å². The van der Waals surface area contributed by atoms with Gasteiger partial charge in [-0.05, 0) is 30.2 Å². The van der Waals surface area contributed by atoms with Crippen LogP contribution in [-0.2, 0) is 23.6 Å². The molecule has 6 nitrogen and oxygen atoms in total. The quantitative estimate of drug-likeness (QED) is 0.575. The summed E-state index contributed by atoms with van der Waals surface area (Å²) in [6, 6.07) is 2.88. The highest BCUT2D eigenvalue weighted by atomic mass is 19.4. The normalized spacial score (nSPS) is 17.2. The van der Waals surface area contributed by atoms with Gasteiger partial charge in [0.15, 0.2) is 5.78 Å². The molecule has 0 bridgehead atoms. The second-order valence-corrected chi connectivity index (χ2v) is 7.98. The molecule has 1 aliphatic heterocycles. The number of alkyl halides is 6. The Morgan fingerprint density at radius 1 is 1.03 bits per heavy atom. The van der Waals surface area contributed by atoms with E-state index in [0.717, 1.165) is 30.5 Å². The summed E-state index contributed by atoms with van der Waals surface area (Å²) >= 11 is 0. The van der Waals surface area contributed by atoms with E-state index in [0.29, 0.717) is 6.20 Å². The third kappa shape index (κ3) is 5.60. The fourth-order valence-corrected chi connectivity index (χ4v) is 3.49. The maximum atomic E-state index is 13.0. The van der Waals surface area contributed by atoms with Crippen LogP contribution in [0.4, 0.5) is 36.8 Å². The van der Waals surface area contributed by atoms with Crippen LogP contribution in [0, 0.1) is 5.92 Å². The number of urea groups is 1. The van der Waals surface area contributed by atoms with Gasteiger partial charge in [-0.15, -0.1) is 0 Å². The second kappa shape index (κ2) is 8.99. The maximum Gasteiger partial charge on any atom is 0.433 e. The van der Waals surface area contributed by atoms with E-state index in [1.165, 1.54) is 9.80 Å². The van der Waals surface area contributed by atoms with Crippen LogP contribution >= 0.6 is 0 Å². The number of halogens is 6. The lowest BCUT2D eigenvalue weighted by Crippen LogP contribution is -2.41. The van der Waals surface area contributed by atoms with E-state index in [4.69, 9.17) is 0 Å². The van der Waals surface area contributed by atoms with Crippen molar-refractivity contribution in [2.24, 2.45) is 5.92 Å². The molecule has 1 aliphatic rings. The number of rotatable bonds is 6. The van der Waals surface area contributed by atoms with Gasteiger partial charge >= 0.3 is 18.4 Å². The molecule has 1 fully saturated rings. The van der Waals surface area contributed by atoms with Crippen molar-refractivity contribution in [3.05, 3.63) is 53.6 Å². The van der Waals surface area contributed by atoms with Crippen molar-refractivity contribution in [3.8, 4) is 0 Å². The van der Waals surface area contributed by atoms with Crippen LogP contribution < -0.4 is 4.90 Å². The Bertz CT molecular complexity index is 1000. The number of anilines is 1. The van der Waals surface area contributed by atoms with Gasteiger partial charge in [-0.25, -0.2) is 9.78 Å². The number of Topliss-reactive ketones (excluding diaryl/α,β-unsaturated/α-hetero) is 1. The van der Waals surface area contributed by atoms with Crippen molar-refractivity contribution in [2.75, 3.05) is 18.0 Å². The van der Waals surface area contributed by atoms with Crippen molar-refractivity contribution in [1.29, 1.82) is 0 Å². The lowest BCUT2D eigenvalue weighted by molar-refractivity contribution is -0.141. The highest BCUT2D eigenvalue weighted by molar-refractivity contribution is 5.97. The number of carbonyl (C=O) groups is 2. The van der Waals surface area contributed by atoms with Crippen LogP contribution in [0.1, 0.15) is 30.8 Å². The molecule has 3 heterocycles. The number of ketones is 1. The van der Waals surface area contributed by atoms with E-state index in [9.17, 15) is 35.9 Å². The van der Waals surface area contributed by atoms with Crippen LogP contribution in [0.5, 0.6) is 0 Å². The minimum Gasteiger partial charge on any atom is -0.312 e. The van der Waals surface area contributed by atoms with Gasteiger partial charge in [0, 0.05) is 18.4 Å². The van der Waals surface area contributed by atoms with Crippen LogP contribution in [0.25, 0.3) is 0 Å². The summed E-state index contributed by atoms with van der Waals surface area (Å²) in [5.74, 6) is -0.507. The van der Waals surface area contributed by atoms with Gasteiger partial charge in [0.25, 0.3) is 0 Å². The number of nitrogens with zero attached hydrogens (tertiary/aromatic N) is 4. The van der Waals surface area contributed by atoms with Crippen molar-refractivity contribution >= 4 is 17.5 Å². The second-order valence-electron chi connectivity index (χ2n) is 7.98. The summed E-state index contributed by atoms with van der Waals surface area (Å²) in [5.41, 5.74) is -1.73. The molecule has 12 heteroatoms. The van der Waals surface area contributed by atoms with Crippen molar-refractivity contribution in [3.63, 3.8) is 0 Å². The molecule has 1 saturated heterocycles. The van der Waals surface area contributed by atoms with Crippen molar-refractivity contribution < 1.29 is 35.9 Å². The SMILES string of the molecule is CC(C)[C@H]1CN(c2ccc(C(F)(F)F)nc2)C(=O)N1CC(=O)Cc1ccc(C(F)(F)F)cn1. The lowest BCUT2D eigenvalue weighted by atomic mass is 10.0. The molecule has 0 aromatic carbocycles. The van der Waals surface area contributed by atoms with Gasteiger partial charge in [-0.2, -0.15) is 26.3 Å². The molecule has 0 N–H and O–H groups in total. The zero-order valence-electron chi connectivity index (χ0n) is 17.6. The third-order valence-corrected chi connectivity index (χ3v) is 5.24. The predicted molar refractivity (Wildman–Crippen MR) is 105 cm³/mol. The summed E-state index contributed by atoms with van der Waals surface area (Å²) in [4.78, 5) is 35.1. The minimum atomic E-state index is -4.61. The Kier molecular flexibility index (Phi) is 6.66. The van der Waals surface area contributed by atoms with Gasteiger partial charge in [0.05, 0.1) is 36.5 Å². The average Bonchev–Trinajstić information content (AvgIpc) is 3.03. The van der Waals surface area contributed by atoms with Crippen molar-refractivity contribution in [2.45, 2.75) is 38.7 Å². The number of amides is 2. The van der Waals surface area contributed by atoms with Gasteiger partial charge in [0.2, 0.25) is 0 Å². The molecule has 2 amide bonds. The number of carbonyl (C=O) groups excluding carboxylic acids is 2. The number of aromatic nitrogens is 2. The first kappa shape index (κ1) is 24.5. The Morgan fingerprint density at radius 3 is 2.21 bits per heavy atom. The van der Waals surface area contributed by atoms with E-state index in [1.54, 1.807) is 0 Å². The molecule has 0 radical (unpaired) electrons. The molecule has 33 heavy (non-hydrogen) atoms. The lowest BCUT2D eigenvalue weighted by Gasteiger charge is -2.25. The number of hydrogen-bond donors (Lipinski definition) is 0.